The highest BCUT2D eigenvalue weighted by molar-refractivity contribution is 5.71. The summed E-state index contributed by atoms with van der Waals surface area (Å²) >= 11 is 0. The Labute approximate surface area is 94.0 Å². The second-order valence-corrected chi connectivity index (χ2v) is 3.49. The molecular formula is C11H15FN2O2. The molecule has 16 heavy (non-hydrogen) atoms. The zero-order valence-corrected chi connectivity index (χ0v) is 9.44. The van der Waals surface area contributed by atoms with Crippen molar-refractivity contribution < 1.29 is 13.9 Å². The molecule has 0 fully saturated rings. The summed E-state index contributed by atoms with van der Waals surface area (Å²) in [5.74, 6) is -0.656. The third-order valence-corrected chi connectivity index (χ3v) is 1.92. The highest BCUT2D eigenvalue weighted by atomic mass is 19.1. The number of ether oxygens (including phenoxy) is 1. The first kappa shape index (κ1) is 12.6. The Hall–Kier alpha value is -1.49. The van der Waals surface area contributed by atoms with Gasteiger partial charge in [-0.2, -0.15) is 0 Å². The monoisotopic (exact) mass is 226 g/mol. The van der Waals surface area contributed by atoms with Crippen LogP contribution in [0.2, 0.25) is 0 Å². The molecule has 1 rings (SSSR count). The molecular weight excluding hydrogens is 211 g/mol. The van der Waals surface area contributed by atoms with Crippen LogP contribution in [0.3, 0.4) is 0 Å². The van der Waals surface area contributed by atoms with Crippen LogP contribution in [-0.2, 0) is 16.1 Å². The second-order valence-electron chi connectivity index (χ2n) is 3.49. The normalized spacial score (nSPS) is 10.5. The van der Waals surface area contributed by atoms with Gasteiger partial charge >= 0.3 is 5.97 Å². The number of nitrogens with zero attached hydrogens (tertiary/aromatic N) is 2. The van der Waals surface area contributed by atoms with E-state index in [1.54, 1.807) is 25.1 Å². The maximum Gasteiger partial charge on any atom is 0.320 e. The molecule has 0 saturated heterocycles. The average molecular weight is 226 g/mol. The lowest BCUT2D eigenvalue weighted by Gasteiger charge is -2.15. The summed E-state index contributed by atoms with van der Waals surface area (Å²) in [7, 11) is 1.77. The molecule has 0 spiro atoms. The van der Waals surface area contributed by atoms with Gasteiger partial charge in [-0.25, -0.2) is 4.39 Å². The summed E-state index contributed by atoms with van der Waals surface area (Å²) in [4.78, 5) is 16.6. The van der Waals surface area contributed by atoms with Gasteiger partial charge in [-0.05, 0) is 25.6 Å². The van der Waals surface area contributed by atoms with Gasteiger partial charge in [0.15, 0.2) is 0 Å². The van der Waals surface area contributed by atoms with E-state index in [-0.39, 0.29) is 18.3 Å². The number of likely N-dealkylation sites (N-methyl/N-ethyl adjacent to an activating group) is 1. The summed E-state index contributed by atoms with van der Waals surface area (Å²) in [5.41, 5.74) is 0.729. The van der Waals surface area contributed by atoms with Gasteiger partial charge in [-0.1, -0.05) is 0 Å². The SMILES string of the molecule is CCOC(=O)CN(C)Cc1cncc(F)c1. The zero-order chi connectivity index (χ0) is 12.0. The van der Waals surface area contributed by atoms with Crippen LogP contribution in [-0.4, -0.2) is 36.1 Å². The molecule has 0 unspecified atom stereocenters. The Morgan fingerprint density at radius 3 is 2.94 bits per heavy atom. The van der Waals surface area contributed by atoms with Crippen LogP contribution in [0.5, 0.6) is 0 Å². The van der Waals surface area contributed by atoms with Crippen LogP contribution in [0.25, 0.3) is 0 Å². The fraction of sp³-hybridized carbons (Fsp3) is 0.455. The minimum absolute atomic E-state index is 0.185. The lowest BCUT2D eigenvalue weighted by atomic mass is 10.2. The minimum Gasteiger partial charge on any atom is -0.465 e. The van der Waals surface area contributed by atoms with E-state index < -0.39 is 0 Å². The van der Waals surface area contributed by atoms with Crippen LogP contribution in [0.1, 0.15) is 12.5 Å². The van der Waals surface area contributed by atoms with E-state index in [1.165, 1.54) is 6.07 Å². The molecule has 0 aliphatic carbocycles. The third-order valence-electron chi connectivity index (χ3n) is 1.92. The summed E-state index contributed by atoms with van der Waals surface area (Å²) in [6.45, 7) is 2.77. The third kappa shape index (κ3) is 4.35. The summed E-state index contributed by atoms with van der Waals surface area (Å²) in [6, 6.07) is 1.40. The Morgan fingerprint density at radius 1 is 1.56 bits per heavy atom. The quantitative estimate of drug-likeness (QED) is 0.708. The highest BCUT2D eigenvalue weighted by Crippen LogP contribution is 2.03. The first-order valence-electron chi connectivity index (χ1n) is 5.05. The van der Waals surface area contributed by atoms with Gasteiger partial charge in [0.25, 0.3) is 0 Å². The number of carbonyl (C=O) groups is 1. The number of pyridine rings is 1. The maximum absolute atomic E-state index is 12.8. The Morgan fingerprint density at radius 2 is 2.31 bits per heavy atom. The summed E-state index contributed by atoms with van der Waals surface area (Å²) in [6.07, 6.45) is 2.72. The smallest absolute Gasteiger partial charge is 0.320 e. The van der Waals surface area contributed by atoms with Gasteiger partial charge in [0.1, 0.15) is 5.82 Å². The predicted molar refractivity (Wildman–Crippen MR) is 57.2 cm³/mol. The van der Waals surface area contributed by atoms with E-state index in [9.17, 15) is 9.18 Å². The number of esters is 1. The van der Waals surface area contributed by atoms with E-state index in [2.05, 4.69) is 4.98 Å². The minimum atomic E-state index is -0.373. The van der Waals surface area contributed by atoms with Crippen molar-refractivity contribution in [1.82, 2.24) is 9.88 Å². The van der Waals surface area contributed by atoms with Gasteiger partial charge in [0.2, 0.25) is 0 Å². The largest absolute Gasteiger partial charge is 0.465 e. The number of carbonyl (C=O) groups excluding carboxylic acids is 1. The molecule has 1 heterocycles. The van der Waals surface area contributed by atoms with Crippen molar-refractivity contribution in [3.8, 4) is 0 Å². The zero-order valence-electron chi connectivity index (χ0n) is 9.44. The van der Waals surface area contributed by atoms with Crippen molar-refractivity contribution >= 4 is 5.97 Å². The molecule has 5 heteroatoms. The molecule has 88 valence electrons. The van der Waals surface area contributed by atoms with Crippen LogP contribution < -0.4 is 0 Å². The molecule has 0 radical (unpaired) electrons. The fourth-order valence-electron chi connectivity index (χ4n) is 1.34. The predicted octanol–water partition coefficient (Wildman–Crippen LogP) is 1.22. The molecule has 0 bridgehead atoms. The van der Waals surface area contributed by atoms with Crippen molar-refractivity contribution in [2.75, 3.05) is 20.2 Å². The maximum atomic E-state index is 12.8. The Kier molecular flexibility index (Phi) is 4.85. The topological polar surface area (TPSA) is 42.4 Å². The van der Waals surface area contributed by atoms with Crippen molar-refractivity contribution in [1.29, 1.82) is 0 Å². The van der Waals surface area contributed by atoms with Gasteiger partial charge in [0.05, 0.1) is 19.3 Å². The van der Waals surface area contributed by atoms with E-state index >= 15 is 0 Å². The highest BCUT2D eigenvalue weighted by Gasteiger charge is 2.08. The van der Waals surface area contributed by atoms with E-state index in [4.69, 9.17) is 4.74 Å². The molecule has 0 amide bonds. The molecule has 0 aliphatic rings. The summed E-state index contributed by atoms with van der Waals surface area (Å²) in [5, 5.41) is 0. The number of rotatable bonds is 5. The van der Waals surface area contributed by atoms with Gasteiger partial charge in [-0.15, -0.1) is 0 Å². The van der Waals surface area contributed by atoms with Crippen molar-refractivity contribution in [2.45, 2.75) is 13.5 Å². The van der Waals surface area contributed by atoms with Gasteiger partial charge in [0, 0.05) is 12.7 Å². The molecule has 4 nitrogen and oxygen atoms in total. The number of halogens is 1. The fourth-order valence-corrected chi connectivity index (χ4v) is 1.34. The lowest BCUT2D eigenvalue weighted by Crippen LogP contribution is -2.27. The molecule has 0 aromatic carbocycles. The Bertz CT molecular complexity index is 358. The van der Waals surface area contributed by atoms with Crippen molar-refractivity contribution in [2.24, 2.45) is 0 Å². The lowest BCUT2D eigenvalue weighted by molar-refractivity contribution is -0.144. The molecule has 0 aliphatic heterocycles. The average Bonchev–Trinajstić information content (AvgIpc) is 2.17. The number of hydrogen-bond donors (Lipinski definition) is 0. The molecule has 1 aromatic heterocycles. The van der Waals surface area contributed by atoms with Crippen LogP contribution >= 0.6 is 0 Å². The first-order valence-corrected chi connectivity index (χ1v) is 5.05. The molecule has 1 aromatic rings. The molecule has 0 saturated carbocycles. The van der Waals surface area contributed by atoms with E-state index in [0.717, 1.165) is 11.8 Å². The number of hydrogen-bond acceptors (Lipinski definition) is 4. The van der Waals surface area contributed by atoms with E-state index in [1.807, 2.05) is 0 Å². The molecule has 0 atom stereocenters. The van der Waals surface area contributed by atoms with Crippen LogP contribution in [0, 0.1) is 5.82 Å². The van der Waals surface area contributed by atoms with Crippen molar-refractivity contribution in [3.05, 3.63) is 29.8 Å². The summed E-state index contributed by atoms with van der Waals surface area (Å²) < 4.78 is 17.6. The Balaban J connectivity index is 2.45. The van der Waals surface area contributed by atoms with Gasteiger partial charge in [-0.3, -0.25) is 14.7 Å². The molecule has 0 N–H and O–H groups in total. The second kappa shape index (κ2) is 6.17. The van der Waals surface area contributed by atoms with Crippen LogP contribution in [0.15, 0.2) is 18.5 Å². The number of aromatic nitrogens is 1. The van der Waals surface area contributed by atoms with Crippen LogP contribution in [0.4, 0.5) is 4.39 Å². The van der Waals surface area contributed by atoms with E-state index in [0.29, 0.717) is 13.2 Å². The van der Waals surface area contributed by atoms with Crippen molar-refractivity contribution in [3.63, 3.8) is 0 Å². The first-order chi connectivity index (χ1) is 7.61. The standard InChI is InChI=1S/C11H15FN2O2/c1-3-16-11(15)8-14(2)7-9-4-10(12)6-13-5-9/h4-6H,3,7-8H2,1-2H3. The van der Waals surface area contributed by atoms with Gasteiger partial charge < -0.3 is 4.74 Å².